The van der Waals surface area contributed by atoms with E-state index in [4.69, 9.17) is 4.74 Å². The molecule has 94 valence electrons. The van der Waals surface area contributed by atoms with Crippen LogP contribution in [0.2, 0.25) is 0 Å². The maximum Gasteiger partial charge on any atom is 0.223 e. The molecule has 0 N–H and O–H groups in total. The molecule has 2 aliphatic rings. The highest BCUT2D eigenvalue weighted by atomic mass is 35.5. The number of hydrogen-bond acceptors (Lipinski definition) is 3. The number of hydrogen-bond donors (Lipinski definition) is 0. The summed E-state index contributed by atoms with van der Waals surface area (Å²) in [6, 6.07) is 0. The van der Waals surface area contributed by atoms with Crippen molar-refractivity contribution in [2.45, 2.75) is 42.7 Å². The molecule has 0 aromatic heterocycles. The van der Waals surface area contributed by atoms with Gasteiger partial charge in [-0.3, -0.25) is 4.79 Å². The van der Waals surface area contributed by atoms with E-state index in [2.05, 4.69) is 4.90 Å². The van der Waals surface area contributed by atoms with Gasteiger partial charge in [-0.15, -0.1) is 24.2 Å². The summed E-state index contributed by atoms with van der Waals surface area (Å²) in [7, 11) is 1.74. The van der Waals surface area contributed by atoms with Crippen LogP contribution in [0.4, 0.5) is 0 Å². The van der Waals surface area contributed by atoms with E-state index in [1.807, 2.05) is 11.8 Å². The second-order valence-electron chi connectivity index (χ2n) is 4.29. The van der Waals surface area contributed by atoms with Crippen LogP contribution in [-0.2, 0) is 9.53 Å². The van der Waals surface area contributed by atoms with Crippen LogP contribution in [0, 0.1) is 0 Å². The molecule has 2 fully saturated rings. The lowest BCUT2D eigenvalue weighted by molar-refractivity contribution is -0.132. The minimum absolute atomic E-state index is 0. The predicted octanol–water partition coefficient (Wildman–Crippen LogP) is 2.29. The van der Waals surface area contributed by atoms with Crippen LogP contribution in [0.3, 0.4) is 0 Å². The number of nitrogens with zero attached hydrogens (tertiary/aromatic N) is 1. The number of amides is 1. The lowest BCUT2D eigenvalue weighted by atomic mass is 10.1. The number of piperidine rings is 1. The van der Waals surface area contributed by atoms with E-state index < -0.39 is 0 Å². The number of carbonyl (C=O) groups is 1. The average Bonchev–Trinajstić information content (AvgIpc) is 2.40. The molecular formula is C11H20ClNO2S. The minimum Gasteiger partial charge on any atom is -0.384 e. The molecule has 0 aromatic rings. The van der Waals surface area contributed by atoms with Gasteiger partial charge in [-0.25, -0.2) is 0 Å². The Bertz CT molecular complexity index is 240. The summed E-state index contributed by atoms with van der Waals surface area (Å²) in [5.41, 5.74) is 0. The summed E-state index contributed by atoms with van der Waals surface area (Å²) in [5.74, 6) is 0.353. The molecule has 16 heavy (non-hydrogen) atoms. The maximum atomic E-state index is 11.9. The van der Waals surface area contributed by atoms with Gasteiger partial charge in [0.05, 0.1) is 12.0 Å². The Hall–Kier alpha value is 0.0700. The molecule has 2 saturated heterocycles. The van der Waals surface area contributed by atoms with Gasteiger partial charge in [0, 0.05) is 25.3 Å². The molecule has 0 aromatic carbocycles. The summed E-state index contributed by atoms with van der Waals surface area (Å²) in [6.45, 7) is 1.75. The van der Waals surface area contributed by atoms with Crippen molar-refractivity contribution < 1.29 is 9.53 Å². The van der Waals surface area contributed by atoms with Gasteiger partial charge in [-0.05, 0) is 25.7 Å². The third kappa shape index (κ3) is 3.28. The first-order valence-electron chi connectivity index (χ1n) is 5.75. The Morgan fingerprint density at radius 2 is 2.25 bits per heavy atom. The Balaban J connectivity index is 0.00000128. The van der Waals surface area contributed by atoms with Crippen LogP contribution in [0.25, 0.3) is 0 Å². The first-order valence-corrected chi connectivity index (χ1v) is 6.69. The van der Waals surface area contributed by atoms with E-state index in [0.29, 0.717) is 23.0 Å². The molecular weight excluding hydrogens is 246 g/mol. The number of carbonyl (C=O) groups excluding carboxylic acids is 1. The fourth-order valence-corrected chi connectivity index (χ4v) is 3.94. The van der Waals surface area contributed by atoms with Crippen LogP contribution in [0.15, 0.2) is 0 Å². The van der Waals surface area contributed by atoms with Gasteiger partial charge < -0.3 is 9.64 Å². The number of fused-ring (bicyclic) bond motifs is 1. The van der Waals surface area contributed by atoms with E-state index in [9.17, 15) is 4.79 Å². The van der Waals surface area contributed by atoms with Gasteiger partial charge >= 0.3 is 0 Å². The van der Waals surface area contributed by atoms with Crippen molar-refractivity contribution in [3.05, 3.63) is 0 Å². The molecule has 5 heteroatoms. The van der Waals surface area contributed by atoms with Gasteiger partial charge in [-0.1, -0.05) is 0 Å². The largest absolute Gasteiger partial charge is 0.384 e. The van der Waals surface area contributed by atoms with Gasteiger partial charge in [0.25, 0.3) is 0 Å². The maximum absolute atomic E-state index is 11.9. The van der Waals surface area contributed by atoms with Crippen molar-refractivity contribution >= 4 is 30.1 Å². The van der Waals surface area contributed by atoms with E-state index in [-0.39, 0.29) is 12.4 Å². The third-order valence-electron chi connectivity index (χ3n) is 3.15. The van der Waals surface area contributed by atoms with Crippen molar-refractivity contribution in [1.29, 1.82) is 0 Å². The van der Waals surface area contributed by atoms with Crippen molar-refractivity contribution in [2.24, 2.45) is 0 Å². The van der Waals surface area contributed by atoms with Crippen molar-refractivity contribution in [2.75, 3.05) is 20.3 Å². The fourth-order valence-electron chi connectivity index (χ4n) is 2.35. The molecule has 3 nitrogen and oxygen atoms in total. The standard InChI is InChI=1S/C11H19NO2S.ClH/c1-14-8-9-5-6-10(13)12-7-3-2-4-11(12)15-9;/h9,11H,2-8H2,1H3;1H. The summed E-state index contributed by atoms with van der Waals surface area (Å²) in [5, 5.41) is 0.931. The number of rotatable bonds is 2. The van der Waals surface area contributed by atoms with Gasteiger partial charge in [0.15, 0.2) is 0 Å². The summed E-state index contributed by atoms with van der Waals surface area (Å²) in [6.07, 6.45) is 5.29. The van der Waals surface area contributed by atoms with Crippen LogP contribution in [0.5, 0.6) is 0 Å². The lowest BCUT2D eigenvalue weighted by Gasteiger charge is -2.34. The Morgan fingerprint density at radius 3 is 3.00 bits per heavy atom. The number of halogens is 1. The zero-order chi connectivity index (χ0) is 10.7. The molecule has 2 heterocycles. The number of methoxy groups -OCH3 is 1. The molecule has 0 spiro atoms. The first kappa shape index (κ1) is 14.1. The van der Waals surface area contributed by atoms with Gasteiger partial charge in [0.2, 0.25) is 5.91 Å². The second kappa shape index (κ2) is 6.72. The van der Waals surface area contributed by atoms with Crippen molar-refractivity contribution in [3.8, 4) is 0 Å². The number of thioether (sulfide) groups is 1. The van der Waals surface area contributed by atoms with E-state index in [1.165, 1.54) is 12.8 Å². The molecule has 2 atom stereocenters. The average molecular weight is 266 g/mol. The lowest BCUT2D eigenvalue weighted by Crippen LogP contribution is -2.41. The predicted molar refractivity (Wildman–Crippen MR) is 69.1 cm³/mol. The van der Waals surface area contributed by atoms with E-state index >= 15 is 0 Å². The highest BCUT2D eigenvalue weighted by Crippen LogP contribution is 2.34. The monoisotopic (exact) mass is 265 g/mol. The van der Waals surface area contributed by atoms with Crippen molar-refractivity contribution in [3.63, 3.8) is 0 Å². The zero-order valence-corrected chi connectivity index (χ0v) is 11.3. The highest BCUT2D eigenvalue weighted by molar-refractivity contribution is 8.00. The fraction of sp³-hybridized carbons (Fsp3) is 0.909. The van der Waals surface area contributed by atoms with E-state index in [1.54, 1.807) is 7.11 Å². The summed E-state index contributed by atoms with van der Waals surface area (Å²) in [4.78, 5) is 14.0. The molecule has 2 unspecified atom stereocenters. The first-order chi connectivity index (χ1) is 7.31. The molecule has 2 aliphatic heterocycles. The molecule has 2 rings (SSSR count). The Kier molecular flexibility index (Phi) is 5.94. The Labute approximate surface area is 108 Å². The molecule has 0 saturated carbocycles. The molecule has 0 radical (unpaired) electrons. The highest BCUT2D eigenvalue weighted by Gasteiger charge is 2.32. The minimum atomic E-state index is 0. The summed E-state index contributed by atoms with van der Waals surface area (Å²) >= 11 is 1.94. The van der Waals surface area contributed by atoms with Crippen LogP contribution < -0.4 is 0 Å². The van der Waals surface area contributed by atoms with Crippen molar-refractivity contribution in [1.82, 2.24) is 4.90 Å². The zero-order valence-electron chi connectivity index (χ0n) is 9.68. The molecule has 0 aliphatic carbocycles. The van der Waals surface area contributed by atoms with Gasteiger partial charge in [-0.2, -0.15) is 0 Å². The normalized spacial score (nSPS) is 30.3. The van der Waals surface area contributed by atoms with Crippen LogP contribution >= 0.6 is 24.2 Å². The second-order valence-corrected chi connectivity index (χ2v) is 5.77. The summed E-state index contributed by atoms with van der Waals surface area (Å²) < 4.78 is 5.20. The van der Waals surface area contributed by atoms with Crippen LogP contribution in [0.1, 0.15) is 32.1 Å². The Morgan fingerprint density at radius 1 is 1.44 bits per heavy atom. The third-order valence-corrected chi connectivity index (χ3v) is 4.71. The smallest absolute Gasteiger partial charge is 0.223 e. The van der Waals surface area contributed by atoms with Crippen LogP contribution in [-0.4, -0.2) is 41.7 Å². The SMILES string of the molecule is COCC1CCC(=O)N2CCCCC2S1.Cl. The van der Waals surface area contributed by atoms with Gasteiger partial charge in [0.1, 0.15) is 0 Å². The van der Waals surface area contributed by atoms with E-state index in [0.717, 1.165) is 26.0 Å². The molecule has 0 bridgehead atoms. The molecule has 1 amide bonds. The quantitative estimate of drug-likeness (QED) is 0.767. The number of ether oxygens (including phenoxy) is 1. The topological polar surface area (TPSA) is 29.5 Å².